The number of rotatable bonds is 7. The van der Waals surface area contributed by atoms with Gasteiger partial charge < -0.3 is 19.5 Å². The van der Waals surface area contributed by atoms with Gasteiger partial charge in [-0.05, 0) is 29.8 Å². The first-order valence-corrected chi connectivity index (χ1v) is 10.2. The molecule has 0 atom stereocenters. The van der Waals surface area contributed by atoms with Gasteiger partial charge in [-0.1, -0.05) is 24.3 Å². The van der Waals surface area contributed by atoms with Crippen LogP contribution in [0.4, 0.5) is 16.2 Å². The van der Waals surface area contributed by atoms with E-state index in [1.807, 2.05) is 24.3 Å². The first-order chi connectivity index (χ1) is 15.5. The Hall–Kier alpha value is -3.43. The second kappa shape index (κ2) is 11.3. The van der Waals surface area contributed by atoms with E-state index in [1.54, 1.807) is 18.2 Å². The van der Waals surface area contributed by atoms with E-state index >= 15 is 0 Å². The van der Waals surface area contributed by atoms with Crippen molar-refractivity contribution in [2.45, 2.75) is 6.54 Å². The number of methoxy groups -OCH3 is 1. The number of morpholine rings is 1. The Bertz CT molecular complexity index is 941. The van der Waals surface area contributed by atoms with Gasteiger partial charge in [0.2, 0.25) is 0 Å². The van der Waals surface area contributed by atoms with Gasteiger partial charge >= 0.3 is 12.1 Å². The molecule has 170 valence electrons. The van der Waals surface area contributed by atoms with Crippen LogP contribution in [0.5, 0.6) is 0 Å². The number of anilines is 2. The molecule has 0 aliphatic carbocycles. The summed E-state index contributed by atoms with van der Waals surface area (Å²) in [6, 6.07) is 14.0. The van der Waals surface area contributed by atoms with Crippen molar-refractivity contribution in [2.75, 3.05) is 57.3 Å². The topological polar surface area (TPSA) is 97.4 Å². The SMILES string of the molecule is COC(=O)N(C)c1ccccc1C(=O)OCC(=O)Nc1ccc(CN2CCOCC2)cc1. The van der Waals surface area contributed by atoms with Crippen LogP contribution >= 0.6 is 0 Å². The number of esters is 1. The molecule has 0 spiro atoms. The number of benzene rings is 2. The number of carbonyl (C=O) groups is 3. The molecular weight excluding hydrogens is 414 g/mol. The van der Waals surface area contributed by atoms with Crippen LogP contribution in [0.2, 0.25) is 0 Å². The Morgan fingerprint density at radius 3 is 2.44 bits per heavy atom. The van der Waals surface area contributed by atoms with Crippen molar-refractivity contribution < 1.29 is 28.6 Å². The quantitative estimate of drug-likeness (QED) is 0.660. The normalized spacial score (nSPS) is 13.8. The molecule has 2 aromatic carbocycles. The predicted octanol–water partition coefficient (Wildman–Crippen LogP) is 2.52. The Kier molecular flexibility index (Phi) is 8.18. The molecule has 0 unspecified atom stereocenters. The minimum atomic E-state index is -0.715. The Balaban J connectivity index is 1.52. The lowest BCUT2D eigenvalue weighted by Crippen LogP contribution is -2.35. The third kappa shape index (κ3) is 6.29. The molecular formula is C23H27N3O6. The number of hydrogen-bond acceptors (Lipinski definition) is 7. The zero-order chi connectivity index (χ0) is 22.9. The third-order valence-electron chi connectivity index (χ3n) is 5.02. The average Bonchev–Trinajstić information content (AvgIpc) is 2.83. The molecule has 1 heterocycles. The van der Waals surface area contributed by atoms with Gasteiger partial charge in [-0.15, -0.1) is 0 Å². The maximum Gasteiger partial charge on any atom is 0.413 e. The molecule has 1 fully saturated rings. The molecule has 0 saturated carbocycles. The van der Waals surface area contributed by atoms with E-state index in [1.165, 1.54) is 25.1 Å². The molecule has 0 bridgehead atoms. The molecule has 0 aromatic heterocycles. The van der Waals surface area contributed by atoms with Gasteiger partial charge in [0.25, 0.3) is 5.91 Å². The maximum absolute atomic E-state index is 12.5. The first kappa shape index (κ1) is 23.2. The molecule has 1 aliphatic heterocycles. The van der Waals surface area contributed by atoms with E-state index in [-0.39, 0.29) is 5.56 Å². The monoisotopic (exact) mass is 441 g/mol. The van der Waals surface area contributed by atoms with E-state index in [2.05, 4.69) is 15.0 Å². The number of carbonyl (C=O) groups excluding carboxylic acids is 3. The lowest BCUT2D eigenvalue weighted by molar-refractivity contribution is -0.119. The van der Waals surface area contributed by atoms with Crippen LogP contribution < -0.4 is 10.2 Å². The van der Waals surface area contributed by atoms with E-state index in [9.17, 15) is 14.4 Å². The van der Waals surface area contributed by atoms with E-state index in [0.717, 1.165) is 38.4 Å². The van der Waals surface area contributed by atoms with Crippen molar-refractivity contribution in [1.82, 2.24) is 4.90 Å². The summed E-state index contributed by atoms with van der Waals surface area (Å²) in [5.74, 6) is -1.18. The average molecular weight is 441 g/mol. The number of hydrogen-bond donors (Lipinski definition) is 1. The molecule has 32 heavy (non-hydrogen) atoms. The second-order valence-corrected chi connectivity index (χ2v) is 7.26. The molecule has 1 aliphatic rings. The van der Waals surface area contributed by atoms with Crippen molar-refractivity contribution >= 4 is 29.3 Å². The van der Waals surface area contributed by atoms with E-state index in [0.29, 0.717) is 11.4 Å². The second-order valence-electron chi connectivity index (χ2n) is 7.26. The van der Waals surface area contributed by atoms with Crippen molar-refractivity contribution in [3.05, 3.63) is 59.7 Å². The van der Waals surface area contributed by atoms with Gasteiger partial charge in [-0.2, -0.15) is 0 Å². The standard InChI is InChI=1S/C23H27N3O6/c1-25(23(29)30-2)20-6-4-3-5-19(20)22(28)32-16-21(27)24-18-9-7-17(8-10-18)15-26-11-13-31-14-12-26/h3-10H,11-16H2,1-2H3,(H,24,27). The van der Waals surface area contributed by atoms with E-state index < -0.39 is 24.6 Å². The highest BCUT2D eigenvalue weighted by molar-refractivity contribution is 6.01. The first-order valence-electron chi connectivity index (χ1n) is 10.2. The van der Waals surface area contributed by atoms with Crippen molar-refractivity contribution in [3.63, 3.8) is 0 Å². The highest BCUT2D eigenvalue weighted by Crippen LogP contribution is 2.21. The molecule has 9 nitrogen and oxygen atoms in total. The van der Waals surface area contributed by atoms with Gasteiger partial charge in [-0.3, -0.25) is 14.6 Å². The molecule has 1 N–H and O–H groups in total. The minimum absolute atomic E-state index is 0.153. The lowest BCUT2D eigenvalue weighted by Gasteiger charge is -2.26. The van der Waals surface area contributed by atoms with Gasteiger partial charge in [0, 0.05) is 32.4 Å². The zero-order valence-electron chi connectivity index (χ0n) is 18.2. The van der Waals surface area contributed by atoms with Crippen LogP contribution in [0.1, 0.15) is 15.9 Å². The van der Waals surface area contributed by atoms with Crippen LogP contribution in [0.25, 0.3) is 0 Å². The summed E-state index contributed by atoms with van der Waals surface area (Å²) in [5, 5.41) is 2.71. The number of nitrogens with zero attached hydrogens (tertiary/aromatic N) is 2. The highest BCUT2D eigenvalue weighted by Gasteiger charge is 2.20. The summed E-state index contributed by atoms with van der Waals surface area (Å²) < 4.78 is 15.2. The summed E-state index contributed by atoms with van der Waals surface area (Å²) in [6.45, 7) is 3.68. The van der Waals surface area contributed by atoms with Crippen molar-refractivity contribution in [2.24, 2.45) is 0 Å². The van der Waals surface area contributed by atoms with E-state index in [4.69, 9.17) is 9.47 Å². The van der Waals surface area contributed by atoms with Gasteiger partial charge in [-0.25, -0.2) is 9.59 Å². The third-order valence-corrected chi connectivity index (χ3v) is 5.02. The number of ether oxygens (including phenoxy) is 3. The summed E-state index contributed by atoms with van der Waals surface area (Å²) in [6.07, 6.45) is -0.625. The van der Waals surface area contributed by atoms with Gasteiger partial charge in [0.05, 0.1) is 31.6 Å². The molecule has 0 radical (unpaired) electrons. The molecule has 2 aromatic rings. The highest BCUT2D eigenvalue weighted by atomic mass is 16.5. The molecule has 1 saturated heterocycles. The largest absolute Gasteiger partial charge is 0.452 e. The Morgan fingerprint density at radius 1 is 1.06 bits per heavy atom. The van der Waals surface area contributed by atoms with Gasteiger partial charge in [0.15, 0.2) is 6.61 Å². The minimum Gasteiger partial charge on any atom is -0.452 e. The van der Waals surface area contributed by atoms with Crippen LogP contribution in [-0.2, 0) is 25.5 Å². The summed E-state index contributed by atoms with van der Waals surface area (Å²) in [7, 11) is 2.73. The Labute approximate surface area is 186 Å². The van der Waals surface area contributed by atoms with Crippen LogP contribution in [0.3, 0.4) is 0 Å². The fourth-order valence-electron chi connectivity index (χ4n) is 3.29. The van der Waals surface area contributed by atoms with Crippen LogP contribution in [-0.4, -0.2) is 69.9 Å². The number of amides is 2. The number of nitrogens with one attached hydrogen (secondary N) is 1. The maximum atomic E-state index is 12.5. The Morgan fingerprint density at radius 2 is 1.75 bits per heavy atom. The van der Waals surface area contributed by atoms with Crippen molar-refractivity contribution in [1.29, 1.82) is 0 Å². The predicted molar refractivity (Wildman–Crippen MR) is 119 cm³/mol. The fourth-order valence-corrected chi connectivity index (χ4v) is 3.29. The van der Waals surface area contributed by atoms with Crippen LogP contribution in [0.15, 0.2) is 48.5 Å². The summed E-state index contributed by atoms with van der Waals surface area (Å²) in [5.41, 5.74) is 2.23. The molecule has 9 heteroatoms. The molecule has 3 rings (SSSR count). The van der Waals surface area contributed by atoms with Crippen LogP contribution in [0, 0.1) is 0 Å². The number of para-hydroxylation sites is 1. The zero-order valence-corrected chi connectivity index (χ0v) is 18.2. The smallest absolute Gasteiger partial charge is 0.413 e. The summed E-state index contributed by atoms with van der Waals surface area (Å²) in [4.78, 5) is 40.0. The summed E-state index contributed by atoms with van der Waals surface area (Å²) >= 11 is 0. The lowest BCUT2D eigenvalue weighted by atomic mass is 10.1. The van der Waals surface area contributed by atoms with Gasteiger partial charge in [0.1, 0.15) is 0 Å². The molecule has 2 amide bonds. The fraction of sp³-hybridized carbons (Fsp3) is 0.348. The van der Waals surface area contributed by atoms with Crippen molar-refractivity contribution in [3.8, 4) is 0 Å².